The van der Waals surface area contributed by atoms with Crippen molar-refractivity contribution in [2.24, 2.45) is 0 Å². The number of fused-ring (bicyclic) bond motifs is 4. The van der Waals surface area contributed by atoms with Crippen LogP contribution in [-0.4, -0.2) is 53.9 Å². The van der Waals surface area contributed by atoms with Gasteiger partial charge in [-0.05, 0) is 126 Å². The molecule has 0 aliphatic heterocycles. The number of nitrogens with two attached hydrogens (primary N) is 1. The highest BCUT2D eigenvalue weighted by Gasteiger charge is 2.27. The number of halogens is 1. The normalized spacial score (nSPS) is 17.0. The predicted molar refractivity (Wildman–Crippen MR) is 233 cm³/mol. The lowest BCUT2D eigenvalue weighted by Crippen LogP contribution is -2.22. The number of hydrogen-bond donors (Lipinski definition) is 6. The van der Waals surface area contributed by atoms with Crippen molar-refractivity contribution in [3.8, 4) is 0 Å². The van der Waals surface area contributed by atoms with Gasteiger partial charge in [0.25, 0.3) is 0 Å². The van der Waals surface area contributed by atoms with E-state index in [0.29, 0.717) is 34.5 Å². The highest BCUT2D eigenvalue weighted by atomic mass is 35.5. The number of nitrogen functional groups attached to an aromatic ring is 1. The van der Waals surface area contributed by atoms with Crippen LogP contribution in [0.5, 0.6) is 0 Å². The zero-order valence-corrected chi connectivity index (χ0v) is 33.3. The van der Waals surface area contributed by atoms with Crippen molar-refractivity contribution < 1.29 is 0 Å². The van der Waals surface area contributed by atoms with E-state index in [0.717, 1.165) is 84.5 Å². The van der Waals surface area contributed by atoms with Gasteiger partial charge in [0.2, 0.25) is 11.3 Å². The molecule has 7 N–H and O–H groups in total. The zero-order valence-electron chi connectivity index (χ0n) is 32.5. The van der Waals surface area contributed by atoms with E-state index in [9.17, 15) is 0 Å². The minimum absolute atomic E-state index is 0.0598. The number of anilines is 3. The van der Waals surface area contributed by atoms with Gasteiger partial charge >= 0.3 is 0 Å². The maximum Gasteiger partial charge on any atom is 0.203 e. The number of aromatic amines is 2. The molecular weight excluding hydrogens is 756 g/mol. The second-order valence-corrected chi connectivity index (χ2v) is 16.1. The third-order valence-corrected chi connectivity index (χ3v) is 12.5. The lowest BCUT2D eigenvalue weighted by atomic mass is 9.87. The summed E-state index contributed by atoms with van der Waals surface area (Å²) in [6, 6.07) is 38.8. The summed E-state index contributed by atoms with van der Waals surface area (Å²) < 4.78 is 0. The summed E-state index contributed by atoms with van der Waals surface area (Å²) in [4.78, 5) is 9.38. The van der Waals surface area contributed by atoms with Crippen LogP contribution in [0.25, 0.3) is 22.3 Å². The van der Waals surface area contributed by atoms with Crippen molar-refractivity contribution >= 4 is 51.3 Å². The van der Waals surface area contributed by atoms with Crippen molar-refractivity contribution in [1.82, 2.24) is 51.4 Å². The molecule has 296 valence electrons. The Morgan fingerprint density at radius 2 is 1.29 bits per heavy atom. The van der Waals surface area contributed by atoms with Crippen LogP contribution >= 0.6 is 11.6 Å². The van der Waals surface area contributed by atoms with E-state index in [-0.39, 0.29) is 17.9 Å². The maximum atomic E-state index is 6.56. The second kappa shape index (κ2) is 16.2. The fraction of sp³-hybridized carbons (Fsp3) is 0.261. The van der Waals surface area contributed by atoms with E-state index in [1.165, 1.54) is 27.8 Å². The number of pyridine rings is 2. The summed E-state index contributed by atoms with van der Waals surface area (Å²) in [5.41, 5.74) is 19.6. The molecule has 10 rings (SSSR count). The van der Waals surface area contributed by atoms with Crippen LogP contribution in [-0.2, 0) is 12.8 Å². The molecule has 2 aliphatic rings. The minimum atomic E-state index is -0.0641. The fourth-order valence-electron chi connectivity index (χ4n) is 9.40. The van der Waals surface area contributed by atoms with Gasteiger partial charge in [-0.2, -0.15) is 20.6 Å². The van der Waals surface area contributed by atoms with Crippen LogP contribution in [0.4, 0.5) is 17.3 Å². The number of aromatic nitrogens is 8. The van der Waals surface area contributed by atoms with Crippen molar-refractivity contribution in [2.75, 3.05) is 24.1 Å². The third kappa shape index (κ3) is 7.51. The standard InChI is InChI=1S/C46H45ClN12/c47-38-15-7-14-35-34(38)17-19-40(35)50-23-21-32(36-25-41(48)52-45-43(36)54-58-56-45)29-11-6-12-30(24-29)51-42-26-37(44-46(53-42)57-59-55-44)31(27-8-2-1-3-9-27)20-22-49-39-18-16-28-10-4-5-13-33(28)39/h1-15,24-26,31-32,39-40,49-50H,16-23H2,(H3,48,52,54,56,58)(H2,51,53,55,57,59)/t31?,32?,39-,40-/m1/s1. The van der Waals surface area contributed by atoms with Crippen molar-refractivity contribution in [3.63, 3.8) is 0 Å². The van der Waals surface area contributed by atoms with Gasteiger partial charge in [0.05, 0.1) is 0 Å². The predicted octanol–water partition coefficient (Wildman–Crippen LogP) is 8.60. The largest absolute Gasteiger partial charge is 0.384 e. The van der Waals surface area contributed by atoms with E-state index < -0.39 is 0 Å². The van der Waals surface area contributed by atoms with Crippen LogP contribution < -0.4 is 21.7 Å². The Morgan fingerprint density at radius 3 is 2.10 bits per heavy atom. The molecule has 4 atom stereocenters. The Bertz CT molecular complexity index is 2750. The van der Waals surface area contributed by atoms with Gasteiger partial charge in [0.15, 0.2) is 0 Å². The van der Waals surface area contributed by atoms with Crippen molar-refractivity contribution in [1.29, 1.82) is 0 Å². The molecule has 0 amide bonds. The first-order chi connectivity index (χ1) is 29.1. The van der Waals surface area contributed by atoms with Crippen LogP contribution in [0.2, 0.25) is 5.02 Å². The first-order valence-electron chi connectivity index (χ1n) is 20.5. The first kappa shape index (κ1) is 37.1. The third-order valence-electron chi connectivity index (χ3n) is 12.2. The molecule has 13 heteroatoms. The number of rotatable bonds is 14. The first-order valence-corrected chi connectivity index (χ1v) is 20.9. The average molecular weight is 801 g/mol. The molecule has 4 aromatic carbocycles. The number of benzene rings is 4. The van der Waals surface area contributed by atoms with Gasteiger partial charge < -0.3 is 21.7 Å². The topological polar surface area (TPSA) is 171 Å². The van der Waals surface area contributed by atoms with Gasteiger partial charge in [0, 0.05) is 34.6 Å². The van der Waals surface area contributed by atoms with Crippen LogP contribution in [0, 0.1) is 0 Å². The average Bonchev–Trinajstić information content (AvgIpc) is 4.09. The molecule has 12 nitrogen and oxygen atoms in total. The highest BCUT2D eigenvalue weighted by Crippen LogP contribution is 2.39. The Labute approximate surface area is 346 Å². The van der Waals surface area contributed by atoms with Gasteiger partial charge in [-0.3, -0.25) is 0 Å². The number of nitrogens with zero attached hydrogens (tertiary/aromatic N) is 6. The molecule has 59 heavy (non-hydrogen) atoms. The maximum absolute atomic E-state index is 6.56. The van der Waals surface area contributed by atoms with Gasteiger partial charge in [-0.1, -0.05) is 90.5 Å². The Kier molecular flexibility index (Phi) is 10.2. The fourth-order valence-corrected chi connectivity index (χ4v) is 9.67. The molecule has 2 unspecified atom stereocenters. The van der Waals surface area contributed by atoms with Crippen LogP contribution in [0.15, 0.2) is 109 Å². The Balaban J connectivity index is 0.938. The molecule has 0 bridgehead atoms. The summed E-state index contributed by atoms with van der Waals surface area (Å²) >= 11 is 6.56. The van der Waals surface area contributed by atoms with Gasteiger partial charge in [-0.15, -0.1) is 10.2 Å². The van der Waals surface area contributed by atoms with Crippen LogP contribution in [0.3, 0.4) is 0 Å². The number of hydrogen-bond acceptors (Lipinski definition) is 10. The smallest absolute Gasteiger partial charge is 0.203 e. The molecule has 0 saturated heterocycles. The molecule has 4 heterocycles. The molecule has 0 spiro atoms. The molecule has 0 saturated carbocycles. The summed E-state index contributed by atoms with van der Waals surface area (Å²) in [5.74, 6) is 1.10. The minimum Gasteiger partial charge on any atom is -0.384 e. The molecule has 0 radical (unpaired) electrons. The highest BCUT2D eigenvalue weighted by molar-refractivity contribution is 6.31. The second-order valence-electron chi connectivity index (χ2n) is 15.7. The molecular formula is C46H45ClN12. The van der Waals surface area contributed by atoms with E-state index >= 15 is 0 Å². The van der Waals surface area contributed by atoms with Crippen molar-refractivity contribution in [2.45, 2.75) is 62.4 Å². The molecule has 0 fully saturated rings. The lowest BCUT2D eigenvalue weighted by Gasteiger charge is -2.22. The number of aryl methyl sites for hydroxylation is 1. The molecule has 4 aromatic heterocycles. The zero-order chi connectivity index (χ0) is 39.7. The summed E-state index contributed by atoms with van der Waals surface area (Å²) in [5, 5.41) is 35.7. The quantitative estimate of drug-likeness (QED) is 0.0626. The van der Waals surface area contributed by atoms with Crippen LogP contribution in [0.1, 0.15) is 94.1 Å². The number of nitrogens with one attached hydrogen (secondary N) is 5. The van der Waals surface area contributed by atoms with Crippen molar-refractivity contribution in [3.05, 3.63) is 159 Å². The summed E-state index contributed by atoms with van der Waals surface area (Å²) in [6.07, 6.45) is 5.88. The Hall–Kier alpha value is -6.21. The lowest BCUT2D eigenvalue weighted by molar-refractivity contribution is 0.508. The van der Waals surface area contributed by atoms with E-state index in [4.69, 9.17) is 22.3 Å². The van der Waals surface area contributed by atoms with Gasteiger partial charge in [-0.25, -0.2) is 9.97 Å². The monoisotopic (exact) mass is 800 g/mol. The van der Waals surface area contributed by atoms with E-state index in [2.05, 4.69) is 143 Å². The number of H-pyrrole nitrogens is 2. The summed E-state index contributed by atoms with van der Waals surface area (Å²) in [6.45, 7) is 1.61. The van der Waals surface area contributed by atoms with Gasteiger partial charge in [0.1, 0.15) is 22.7 Å². The SMILES string of the molecule is Nc1cc(C(CCN[C@@H]2CCc3c(Cl)cccc32)c2cccc(Nc3cc(C(CCN[C@@H]4CCc5ccccc54)c4ccccc4)c4n[nH]nc4n3)c2)c2n[nH]nc2n1. The summed E-state index contributed by atoms with van der Waals surface area (Å²) in [7, 11) is 0. The Morgan fingerprint density at radius 1 is 0.644 bits per heavy atom. The van der Waals surface area contributed by atoms with E-state index in [1.807, 2.05) is 18.2 Å². The molecule has 2 aliphatic carbocycles. The van der Waals surface area contributed by atoms with E-state index in [1.54, 1.807) is 0 Å². The molecule has 8 aromatic rings.